The maximum atomic E-state index is 10.4. The summed E-state index contributed by atoms with van der Waals surface area (Å²) < 4.78 is 33.2. The van der Waals surface area contributed by atoms with Gasteiger partial charge in [0.1, 0.15) is 12.0 Å². The van der Waals surface area contributed by atoms with Crippen LogP contribution in [-0.2, 0) is 4.79 Å². The van der Waals surface area contributed by atoms with E-state index in [1.165, 1.54) is 6.08 Å². The molecule has 1 aromatic rings. The number of benzene rings is 1. The quantitative estimate of drug-likeness (QED) is 0.462. The van der Waals surface area contributed by atoms with Gasteiger partial charge in [-0.2, -0.15) is 0 Å². The zero-order valence-corrected chi connectivity index (χ0v) is 13.7. The Kier molecular flexibility index (Phi) is 3.82. The zero-order valence-electron chi connectivity index (χ0n) is 15.7. The topological polar surface area (TPSA) is 35.5 Å². The van der Waals surface area contributed by atoms with Crippen molar-refractivity contribution in [3.05, 3.63) is 29.8 Å². The summed E-state index contributed by atoms with van der Waals surface area (Å²) in [5.41, 5.74) is 0.666. The van der Waals surface area contributed by atoms with Crippen molar-refractivity contribution < 1.29 is 18.1 Å². The van der Waals surface area contributed by atoms with Gasteiger partial charge in [0.05, 0.1) is 11.2 Å². The first-order chi connectivity index (χ1) is 10.4. The van der Waals surface area contributed by atoms with Crippen LogP contribution in [0.15, 0.2) is 24.3 Å². The Bertz CT molecular complexity index is 587. The Balaban J connectivity index is 3.25. The number of allylic oxidation sites excluding steroid dienone is 1. The van der Waals surface area contributed by atoms with Gasteiger partial charge in [0.15, 0.2) is 5.75 Å². The molecular formula is C16H24O3Si. The number of ether oxygens (including phenoxy) is 1. The lowest BCUT2D eigenvalue weighted by Gasteiger charge is -2.36. The first kappa shape index (κ1) is 12.2. The molecule has 0 spiro atoms. The van der Waals surface area contributed by atoms with Gasteiger partial charge in [-0.15, -0.1) is 0 Å². The molecular weight excluding hydrogens is 268 g/mol. The summed E-state index contributed by atoms with van der Waals surface area (Å²) in [5.74, 6) is 0.568. The molecule has 0 aliphatic rings. The van der Waals surface area contributed by atoms with Crippen molar-refractivity contribution in [2.24, 2.45) is 0 Å². The molecule has 3 nitrogen and oxygen atoms in total. The van der Waals surface area contributed by atoms with Gasteiger partial charge in [0.2, 0.25) is 0 Å². The third-order valence-electron chi connectivity index (χ3n) is 3.62. The number of carbonyl (C=O) groups is 1. The van der Waals surface area contributed by atoms with Crippen molar-refractivity contribution in [1.29, 1.82) is 0 Å². The number of hydrogen-bond acceptors (Lipinski definition) is 3. The molecule has 1 rings (SSSR count). The average Bonchev–Trinajstić information content (AvgIpc) is 2.35. The molecule has 20 heavy (non-hydrogen) atoms. The van der Waals surface area contributed by atoms with Crippen molar-refractivity contribution >= 4 is 20.7 Å². The van der Waals surface area contributed by atoms with Crippen LogP contribution in [0.5, 0.6) is 11.5 Å². The third-order valence-corrected chi connectivity index (χ3v) is 7.96. The normalized spacial score (nSPS) is 15.3. The molecule has 0 N–H and O–H groups in total. The van der Waals surface area contributed by atoms with Gasteiger partial charge >= 0.3 is 0 Å². The summed E-state index contributed by atoms with van der Waals surface area (Å²) in [6, 6.07) is 5.01. The van der Waals surface area contributed by atoms with Gasteiger partial charge in [-0.1, -0.05) is 32.9 Å². The van der Waals surface area contributed by atoms with E-state index in [9.17, 15) is 4.79 Å². The van der Waals surface area contributed by atoms with Crippen LogP contribution < -0.4 is 9.16 Å². The molecule has 0 saturated carbocycles. The molecule has 0 atom stereocenters. The summed E-state index contributed by atoms with van der Waals surface area (Å²) in [6.07, 6.45) is 3.57. The predicted molar refractivity (Wildman–Crippen MR) is 85.9 cm³/mol. The number of rotatable bonds is 5. The number of carbonyl (C=O) groups excluding carboxylic acids is 1. The lowest BCUT2D eigenvalue weighted by atomic mass is 10.2. The average molecular weight is 295 g/mol. The minimum Gasteiger partial charge on any atom is -0.541 e. The Morgan fingerprint density at radius 1 is 1.25 bits per heavy atom. The van der Waals surface area contributed by atoms with Crippen LogP contribution in [0, 0.1) is 0 Å². The van der Waals surface area contributed by atoms with Crippen LogP contribution in [0.1, 0.15) is 30.4 Å². The van der Waals surface area contributed by atoms with Crippen LogP contribution >= 0.6 is 0 Å². The molecule has 0 unspecified atom stereocenters. The second-order valence-corrected chi connectivity index (χ2v) is 10.9. The lowest BCUT2D eigenvalue weighted by Crippen LogP contribution is -2.43. The van der Waals surface area contributed by atoms with Crippen LogP contribution in [-0.4, -0.2) is 21.6 Å². The molecule has 1 aromatic carbocycles. The van der Waals surface area contributed by atoms with Crippen LogP contribution in [0.3, 0.4) is 0 Å². The molecule has 0 aromatic heterocycles. The van der Waals surface area contributed by atoms with Crippen molar-refractivity contribution in [3.8, 4) is 11.5 Å². The van der Waals surface area contributed by atoms with E-state index in [0.29, 0.717) is 17.6 Å². The fourth-order valence-electron chi connectivity index (χ4n) is 1.37. The first-order valence-electron chi connectivity index (χ1n) is 8.00. The second kappa shape index (κ2) is 6.26. The van der Waals surface area contributed by atoms with E-state index in [1.54, 1.807) is 24.3 Å². The highest BCUT2D eigenvalue weighted by atomic mass is 28.4. The minimum absolute atomic E-state index is 0.0274. The van der Waals surface area contributed by atoms with Crippen molar-refractivity contribution in [1.82, 2.24) is 0 Å². The smallest absolute Gasteiger partial charge is 0.250 e. The molecule has 0 saturated heterocycles. The highest BCUT2D eigenvalue weighted by molar-refractivity contribution is 6.74. The minimum atomic E-state index is -2.57. The van der Waals surface area contributed by atoms with Gasteiger partial charge in [0.25, 0.3) is 8.32 Å². The van der Waals surface area contributed by atoms with Crippen LogP contribution in [0.4, 0.5) is 0 Å². The number of hydrogen-bond donors (Lipinski definition) is 0. The van der Waals surface area contributed by atoms with Gasteiger partial charge in [0, 0.05) is 0 Å². The Hall–Kier alpha value is -1.55. The molecule has 0 amide bonds. The molecule has 0 heterocycles. The van der Waals surface area contributed by atoms with Crippen LogP contribution in [0.2, 0.25) is 18.1 Å². The van der Waals surface area contributed by atoms with Crippen molar-refractivity contribution in [3.63, 3.8) is 0 Å². The standard InChI is InChI=1S/C16H24O3Si/c1-16(2,3)20(5,6)19-14-10-9-13(8-7-11-17)12-15(14)18-4/h7-12H,1-6H3/b8-7+/i4D3. The summed E-state index contributed by atoms with van der Waals surface area (Å²) in [7, 11) is -4.70. The zero-order chi connectivity index (χ0) is 17.9. The maximum absolute atomic E-state index is 10.4. The van der Waals surface area contributed by atoms with Crippen molar-refractivity contribution in [2.45, 2.75) is 38.9 Å². The lowest BCUT2D eigenvalue weighted by molar-refractivity contribution is -0.104. The molecule has 0 fully saturated rings. The molecule has 4 heteroatoms. The van der Waals surface area contributed by atoms with Gasteiger partial charge < -0.3 is 9.16 Å². The molecule has 0 bridgehead atoms. The van der Waals surface area contributed by atoms with Crippen molar-refractivity contribution in [2.75, 3.05) is 7.04 Å². The van der Waals surface area contributed by atoms with E-state index in [-0.39, 0.29) is 10.8 Å². The van der Waals surface area contributed by atoms with Gasteiger partial charge in [-0.3, -0.25) is 4.79 Å². The van der Waals surface area contributed by atoms with E-state index in [4.69, 9.17) is 13.3 Å². The monoisotopic (exact) mass is 295 g/mol. The fourth-order valence-corrected chi connectivity index (χ4v) is 2.40. The SMILES string of the molecule is [2H]C([2H])([2H])Oc1cc(/C=C/C=O)ccc1O[Si](C)(C)C(C)(C)C. The fraction of sp³-hybridized carbons (Fsp3) is 0.438. The summed E-state index contributed by atoms with van der Waals surface area (Å²) in [5, 5.41) is -0.0274. The van der Waals surface area contributed by atoms with Gasteiger partial charge in [-0.05, 0) is 41.9 Å². The van der Waals surface area contributed by atoms with Crippen LogP contribution in [0.25, 0.3) is 6.08 Å². The molecule has 110 valence electrons. The second-order valence-electron chi connectivity index (χ2n) is 6.17. The Morgan fingerprint density at radius 2 is 1.95 bits per heavy atom. The van der Waals surface area contributed by atoms with E-state index in [1.807, 2.05) is 0 Å². The summed E-state index contributed by atoms with van der Waals surface area (Å²) in [6.45, 7) is 10.5. The Labute approximate surface area is 126 Å². The molecule has 0 aliphatic carbocycles. The highest BCUT2D eigenvalue weighted by Gasteiger charge is 2.39. The Morgan fingerprint density at radius 3 is 2.50 bits per heavy atom. The molecule has 0 radical (unpaired) electrons. The molecule has 0 aliphatic heterocycles. The maximum Gasteiger partial charge on any atom is 0.250 e. The summed E-state index contributed by atoms with van der Waals surface area (Å²) >= 11 is 0. The highest BCUT2D eigenvalue weighted by Crippen LogP contribution is 2.40. The number of methoxy groups -OCH3 is 1. The number of aldehydes is 1. The van der Waals surface area contributed by atoms with Gasteiger partial charge in [-0.25, -0.2) is 0 Å². The van der Waals surface area contributed by atoms with E-state index < -0.39 is 15.4 Å². The van der Waals surface area contributed by atoms with E-state index >= 15 is 0 Å². The predicted octanol–water partition coefficient (Wildman–Crippen LogP) is 4.29. The van der Waals surface area contributed by atoms with E-state index in [0.717, 1.165) is 0 Å². The largest absolute Gasteiger partial charge is 0.541 e. The third kappa shape index (κ3) is 3.97. The van der Waals surface area contributed by atoms with E-state index in [2.05, 4.69) is 33.9 Å². The summed E-state index contributed by atoms with van der Waals surface area (Å²) in [4.78, 5) is 10.4. The first-order valence-corrected chi connectivity index (χ1v) is 9.40.